The molecule has 104 valence electrons. The van der Waals surface area contributed by atoms with Crippen molar-refractivity contribution in [3.8, 4) is 0 Å². The van der Waals surface area contributed by atoms with Gasteiger partial charge < -0.3 is 16.6 Å². The maximum absolute atomic E-state index is 9.10. The maximum atomic E-state index is 9.10. The lowest BCUT2D eigenvalue weighted by molar-refractivity contribution is 0.262. The lowest BCUT2D eigenvalue weighted by Gasteiger charge is -2.14. The summed E-state index contributed by atoms with van der Waals surface area (Å²) in [6, 6.07) is 5.38. The highest BCUT2D eigenvalue weighted by atomic mass is 32.3. The number of anilines is 2. The molecule has 7 nitrogen and oxygen atoms in total. The summed E-state index contributed by atoms with van der Waals surface area (Å²) in [7, 11) is -4.67. The van der Waals surface area contributed by atoms with Crippen LogP contribution in [0.1, 0.15) is 24.8 Å². The summed E-state index contributed by atoms with van der Waals surface area (Å²) in [6.45, 7) is 2.13. The van der Waals surface area contributed by atoms with Crippen molar-refractivity contribution in [1.29, 1.82) is 0 Å². The molecule has 18 heavy (non-hydrogen) atoms. The lowest BCUT2D eigenvalue weighted by Crippen LogP contribution is -2.06. The van der Waals surface area contributed by atoms with Crippen LogP contribution in [0, 0.1) is 0 Å². The Kier molecular flexibility index (Phi) is 6.63. The van der Waals surface area contributed by atoms with E-state index in [1.807, 2.05) is 13.0 Å². The van der Waals surface area contributed by atoms with E-state index in [9.17, 15) is 0 Å². The van der Waals surface area contributed by atoms with Crippen LogP contribution in [-0.2, 0) is 10.4 Å². The van der Waals surface area contributed by atoms with E-state index in [0.29, 0.717) is 11.4 Å². The molecule has 1 aromatic rings. The van der Waals surface area contributed by atoms with Gasteiger partial charge in [0, 0.05) is 23.9 Å². The zero-order valence-electron chi connectivity index (χ0n) is 9.94. The Labute approximate surface area is 106 Å². The molecule has 0 fully saturated rings. The Morgan fingerprint density at radius 3 is 2.17 bits per heavy atom. The molecule has 7 N–H and O–H groups in total. The molecule has 1 unspecified atom stereocenters. The summed E-state index contributed by atoms with van der Waals surface area (Å²) in [5, 5.41) is 9.10. The van der Waals surface area contributed by atoms with Gasteiger partial charge in [-0.25, -0.2) is 0 Å². The van der Waals surface area contributed by atoms with E-state index >= 15 is 0 Å². The van der Waals surface area contributed by atoms with E-state index in [2.05, 4.69) is 0 Å². The second-order valence-corrected chi connectivity index (χ2v) is 4.52. The van der Waals surface area contributed by atoms with Gasteiger partial charge in [-0.3, -0.25) is 9.11 Å². The minimum absolute atomic E-state index is 0.100. The third kappa shape index (κ3) is 7.07. The van der Waals surface area contributed by atoms with Crippen LogP contribution < -0.4 is 11.5 Å². The van der Waals surface area contributed by atoms with E-state index in [1.165, 1.54) is 0 Å². The first-order chi connectivity index (χ1) is 8.19. The first-order valence-corrected chi connectivity index (χ1v) is 6.54. The molecule has 1 rings (SSSR count). The SMILES string of the molecule is CCC(CO)c1cc(N)ccc1N.O=S(=O)(O)O. The van der Waals surface area contributed by atoms with Crippen LogP contribution in [0.5, 0.6) is 0 Å². The van der Waals surface area contributed by atoms with Crippen LogP contribution in [-0.4, -0.2) is 29.2 Å². The van der Waals surface area contributed by atoms with Crippen molar-refractivity contribution < 1.29 is 22.6 Å². The molecule has 0 saturated carbocycles. The molecule has 0 bridgehead atoms. The van der Waals surface area contributed by atoms with Gasteiger partial charge in [0.05, 0.1) is 0 Å². The van der Waals surface area contributed by atoms with E-state index in [1.54, 1.807) is 12.1 Å². The number of hydrogen-bond acceptors (Lipinski definition) is 5. The van der Waals surface area contributed by atoms with Crippen molar-refractivity contribution in [2.75, 3.05) is 18.1 Å². The summed E-state index contributed by atoms with van der Waals surface area (Å²) in [6.07, 6.45) is 0.865. The molecule has 0 spiro atoms. The fourth-order valence-electron chi connectivity index (χ4n) is 1.39. The van der Waals surface area contributed by atoms with Crippen LogP contribution in [0.15, 0.2) is 18.2 Å². The third-order valence-electron chi connectivity index (χ3n) is 2.26. The Bertz CT molecular complexity index is 463. The second-order valence-electron chi connectivity index (χ2n) is 3.62. The predicted molar refractivity (Wildman–Crippen MR) is 69.6 cm³/mol. The van der Waals surface area contributed by atoms with Crippen molar-refractivity contribution in [2.45, 2.75) is 19.3 Å². The lowest BCUT2D eigenvalue weighted by atomic mass is 9.95. The largest absolute Gasteiger partial charge is 0.399 e. The molecule has 0 aromatic heterocycles. The monoisotopic (exact) mass is 278 g/mol. The second kappa shape index (κ2) is 7.17. The molecule has 0 heterocycles. The van der Waals surface area contributed by atoms with Crippen molar-refractivity contribution in [3.05, 3.63) is 23.8 Å². The van der Waals surface area contributed by atoms with Gasteiger partial charge in [0.1, 0.15) is 0 Å². The van der Waals surface area contributed by atoms with E-state index in [-0.39, 0.29) is 12.5 Å². The maximum Gasteiger partial charge on any atom is 0.394 e. The summed E-state index contributed by atoms with van der Waals surface area (Å²) in [5.41, 5.74) is 13.8. The molecule has 0 radical (unpaired) electrons. The fourth-order valence-corrected chi connectivity index (χ4v) is 1.39. The topological polar surface area (TPSA) is 147 Å². The van der Waals surface area contributed by atoms with Gasteiger partial charge in [-0.05, 0) is 30.2 Å². The first kappa shape index (κ1) is 16.6. The standard InChI is InChI=1S/C10H16N2O.H2O4S/c1-2-7(6-13)9-5-8(11)3-4-10(9)12;1-5(2,3)4/h3-5,7,13H,2,6,11-12H2,1H3;(H2,1,2,3,4). The van der Waals surface area contributed by atoms with E-state index in [0.717, 1.165) is 12.0 Å². The van der Waals surface area contributed by atoms with E-state index < -0.39 is 10.4 Å². The average Bonchev–Trinajstić information content (AvgIpc) is 2.22. The highest BCUT2D eigenvalue weighted by Crippen LogP contribution is 2.26. The van der Waals surface area contributed by atoms with Gasteiger partial charge in [-0.1, -0.05) is 6.92 Å². The number of nitrogen functional groups attached to an aromatic ring is 2. The predicted octanol–water partition coefficient (Wildman–Crippen LogP) is 0.684. The molecule has 1 atom stereocenters. The number of nitrogens with two attached hydrogens (primary N) is 2. The summed E-state index contributed by atoms with van der Waals surface area (Å²) < 4.78 is 31.6. The Morgan fingerprint density at radius 1 is 1.28 bits per heavy atom. The molecule has 0 aliphatic heterocycles. The molecule has 0 aliphatic carbocycles. The molecule has 1 aromatic carbocycles. The number of rotatable bonds is 3. The van der Waals surface area contributed by atoms with Gasteiger partial charge in [0.25, 0.3) is 0 Å². The number of aliphatic hydroxyl groups excluding tert-OH is 1. The number of hydrogen-bond donors (Lipinski definition) is 5. The molecular formula is C10H18N2O5S. The quantitative estimate of drug-likeness (QED) is 0.403. The van der Waals surface area contributed by atoms with Crippen LogP contribution in [0.25, 0.3) is 0 Å². The third-order valence-corrected chi connectivity index (χ3v) is 2.26. The van der Waals surface area contributed by atoms with Crippen molar-refractivity contribution in [1.82, 2.24) is 0 Å². The Balaban J connectivity index is 0.000000494. The van der Waals surface area contributed by atoms with Gasteiger partial charge in [0.15, 0.2) is 0 Å². The smallest absolute Gasteiger partial charge is 0.394 e. The van der Waals surface area contributed by atoms with Gasteiger partial charge >= 0.3 is 10.4 Å². The van der Waals surface area contributed by atoms with Crippen LogP contribution >= 0.6 is 0 Å². The van der Waals surface area contributed by atoms with Crippen molar-refractivity contribution in [3.63, 3.8) is 0 Å². The number of benzene rings is 1. The van der Waals surface area contributed by atoms with Gasteiger partial charge in [-0.2, -0.15) is 8.42 Å². The van der Waals surface area contributed by atoms with E-state index in [4.69, 9.17) is 34.1 Å². The normalized spacial score (nSPS) is 12.4. The average molecular weight is 278 g/mol. The van der Waals surface area contributed by atoms with Crippen LogP contribution in [0.2, 0.25) is 0 Å². The molecule has 0 aliphatic rings. The molecule has 8 heteroatoms. The van der Waals surface area contributed by atoms with Crippen molar-refractivity contribution >= 4 is 21.8 Å². The number of aliphatic hydroxyl groups is 1. The van der Waals surface area contributed by atoms with Gasteiger partial charge in [-0.15, -0.1) is 0 Å². The molecule has 0 amide bonds. The summed E-state index contributed by atoms with van der Waals surface area (Å²) in [4.78, 5) is 0. The first-order valence-electron chi connectivity index (χ1n) is 5.14. The Morgan fingerprint density at radius 2 is 1.78 bits per heavy atom. The zero-order chi connectivity index (χ0) is 14.3. The highest BCUT2D eigenvalue weighted by Gasteiger charge is 2.11. The Hall–Kier alpha value is -1.35. The minimum Gasteiger partial charge on any atom is -0.399 e. The molecule has 0 saturated heterocycles. The van der Waals surface area contributed by atoms with Crippen molar-refractivity contribution in [2.24, 2.45) is 0 Å². The van der Waals surface area contributed by atoms with Crippen LogP contribution in [0.3, 0.4) is 0 Å². The summed E-state index contributed by atoms with van der Waals surface area (Å²) >= 11 is 0. The minimum atomic E-state index is -4.67. The highest BCUT2D eigenvalue weighted by molar-refractivity contribution is 7.79. The zero-order valence-corrected chi connectivity index (χ0v) is 10.8. The van der Waals surface area contributed by atoms with Crippen LogP contribution in [0.4, 0.5) is 11.4 Å². The fraction of sp³-hybridized carbons (Fsp3) is 0.400. The molecular weight excluding hydrogens is 260 g/mol. The summed E-state index contributed by atoms with van der Waals surface area (Å²) in [5.74, 6) is 0.100. The van der Waals surface area contributed by atoms with Gasteiger partial charge in [0.2, 0.25) is 0 Å².